The summed E-state index contributed by atoms with van der Waals surface area (Å²) in [6, 6.07) is 15.4. The van der Waals surface area contributed by atoms with Gasteiger partial charge in [0.1, 0.15) is 0 Å². The van der Waals surface area contributed by atoms with Crippen molar-refractivity contribution in [3.05, 3.63) is 65.2 Å². The second-order valence-electron chi connectivity index (χ2n) is 6.64. The molecule has 0 fully saturated rings. The van der Waals surface area contributed by atoms with Crippen molar-refractivity contribution in [1.82, 2.24) is 9.88 Å². The van der Waals surface area contributed by atoms with E-state index in [2.05, 4.69) is 4.90 Å². The van der Waals surface area contributed by atoms with Crippen LogP contribution in [0.25, 0.3) is 0 Å². The van der Waals surface area contributed by atoms with Gasteiger partial charge in [-0.3, -0.25) is 14.6 Å². The number of rotatable bonds is 8. The number of benzene rings is 2. The van der Waals surface area contributed by atoms with Gasteiger partial charge in [-0.2, -0.15) is 0 Å². The monoisotopic (exact) mass is 411 g/mol. The zero-order chi connectivity index (χ0) is 20.8. The number of aromatic nitrogens is 1. The third kappa shape index (κ3) is 4.93. The van der Waals surface area contributed by atoms with Crippen LogP contribution in [0.2, 0.25) is 0 Å². The first-order valence-electron chi connectivity index (χ1n) is 9.22. The van der Waals surface area contributed by atoms with E-state index < -0.39 is 0 Å². The molecule has 0 saturated heterocycles. The lowest BCUT2D eigenvalue weighted by molar-refractivity contribution is -0.115. The molecule has 2 aromatic carbocycles. The number of ether oxygens (including phenoxy) is 2. The second kappa shape index (κ2) is 9.54. The predicted octanol–water partition coefficient (Wildman–Crippen LogP) is 4.48. The number of carbonyl (C=O) groups excluding carboxylic acids is 1. The van der Waals surface area contributed by atoms with E-state index >= 15 is 0 Å². The maximum absolute atomic E-state index is 12.2. The van der Waals surface area contributed by atoms with Gasteiger partial charge in [0.05, 0.1) is 25.6 Å². The van der Waals surface area contributed by atoms with E-state index in [1.807, 2.05) is 61.0 Å². The van der Waals surface area contributed by atoms with Crippen LogP contribution in [0.4, 0.5) is 10.8 Å². The number of carbonyl (C=O) groups is 1. The van der Waals surface area contributed by atoms with Crippen molar-refractivity contribution < 1.29 is 14.3 Å². The number of hydrogen-bond acceptors (Lipinski definition) is 6. The molecule has 0 unspecified atom stereocenters. The highest BCUT2D eigenvalue weighted by molar-refractivity contribution is 7.14. The standard InChI is InChI=1S/C22H25N3O3S/c1-16(26)25(19-10-6-5-7-11-19)22-23-18(15-29-22)14-24(2)13-17-9-8-12-20(27-3)21(17)28-4/h5-12,15H,13-14H2,1-4H3. The quantitative estimate of drug-likeness (QED) is 0.547. The van der Waals surface area contributed by atoms with Gasteiger partial charge in [-0.15, -0.1) is 11.3 Å². The van der Waals surface area contributed by atoms with E-state index in [1.165, 1.54) is 11.3 Å². The Morgan fingerprint density at radius 2 is 1.79 bits per heavy atom. The molecular weight excluding hydrogens is 386 g/mol. The molecule has 0 N–H and O–H groups in total. The lowest BCUT2D eigenvalue weighted by atomic mass is 10.1. The third-order valence-electron chi connectivity index (χ3n) is 4.42. The van der Waals surface area contributed by atoms with E-state index in [9.17, 15) is 4.79 Å². The van der Waals surface area contributed by atoms with Crippen LogP contribution in [-0.2, 0) is 17.9 Å². The molecule has 0 bridgehead atoms. The number of para-hydroxylation sites is 2. The van der Waals surface area contributed by atoms with Crippen LogP contribution in [0.1, 0.15) is 18.2 Å². The smallest absolute Gasteiger partial charge is 0.230 e. The number of hydrogen-bond donors (Lipinski definition) is 0. The Labute approximate surface area is 175 Å². The summed E-state index contributed by atoms with van der Waals surface area (Å²) in [5, 5.41) is 2.67. The molecule has 0 saturated carbocycles. The van der Waals surface area contributed by atoms with Crippen LogP contribution in [0.15, 0.2) is 53.9 Å². The Hall–Kier alpha value is -2.90. The van der Waals surface area contributed by atoms with Crippen LogP contribution >= 0.6 is 11.3 Å². The molecule has 0 aliphatic rings. The highest BCUT2D eigenvalue weighted by Gasteiger charge is 2.18. The molecule has 1 aromatic heterocycles. The molecule has 0 atom stereocenters. The topological polar surface area (TPSA) is 54.9 Å². The fourth-order valence-corrected chi connectivity index (χ4v) is 4.06. The molecule has 3 rings (SSSR count). The maximum Gasteiger partial charge on any atom is 0.230 e. The van der Waals surface area contributed by atoms with Crippen LogP contribution in [-0.4, -0.2) is 37.1 Å². The van der Waals surface area contributed by atoms with E-state index in [1.54, 1.807) is 26.0 Å². The zero-order valence-corrected chi connectivity index (χ0v) is 17.9. The lowest BCUT2D eigenvalue weighted by Crippen LogP contribution is -2.23. The van der Waals surface area contributed by atoms with Crippen LogP contribution in [0, 0.1) is 0 Å². The van der Waals surface area contributed by atoms with E-state index in [0.29, 0.717) is 24.0 Å². The highest BCUT2D eigenvalue weighted by Crippen LogP contribution is 2.32. The second-order valence-corrected chi connectivity index (χ2v) is 7.47. The first-order chi connectivity index (χ1) is 14.0. The van der Waals surface area contributed by atoms with Crippen LogP contribution in [0.5, 0.6) is 11.5 Å². The molecule has 1 amide bonds. The number of nitrogens with zero attached hydrogens (tertiary/aromatic N) is 3. The Kier molecular flexibility index (Phi) is 6.85. The fraction of sp³-hybridized carbons (Fsp3) is 0.273. The van der Waals surface area contributed by atoms with Gasteiger partial charge >= 0.3 is 0 Å². The average Bonchev–Trinajstić information content (AvgIpc) is 3.15. The van der Waals surface area contributed by atoms with Gasteiger partial charge < -0.3 is 9.47 Å². The fourth-order valence-electron chi connectivity index (χ4n) is 3.18. The minimum atomic E-state index is -0.0634. The molecule has 0 spiro atoms. The van der Waals surface area contributed by atoms with Crippen molar-refractivity contribution in [3.63, 3.8) is 0 Å². The molecular formula is C22H25N3O3S. The number of thiazole rings is 1. The van der Waals surface area contributed by atoms with Gasteiger partial charge in [0.2, 0.25) is 5.91 Å². The van der Waals surface area contributed by atoms with Crippen LogP contribution < -0.4 is 14.4 Å². The van der Waals surface area contributed by atoms with Crippen molar-refractivity contribution in [2.75, 3.05) is 26.2 Å². The number of methoxy groups -OCH3 is 2. The molecule has 0 radical (unpaired) electrons. The SMILES string of the molecule is COc1cccc(CN(C)Cc2csc(N(C(C)=O)c3ccccc3)n2)c1OC. The summed E-state index contributed by atoms with van der Waals surface area (Å²) >= 11 is 1.47. The summed E-state index contributed by atoms with van der Waals surface area (Å²) in [6.07, 6.45) is 0. The summed E-state index contributed by atoms with van der Waals surface area (Å²) in [4.78, 5) is 20.7. The van der Waals surface area contributed by atoms with Gasteiger partial charge in [-0.25, -0.2) is 4.98 Å². The summed E-state index contributed by atoms with van der Waals surface area (Å²) in [5.41, 5.74) is 2.77. The predicted molar refractivity (Wildman–Crippen MR) is 116 cm³/mol. The minimum absolute atomic E-state index is 0.0634. The van der Waals surface area contributed by atoms with E-state index in [4.69, 9.17) is 14.5 Å². The highest BCUT2D eigenvalue weighted by atomic mass is 32.1. The summed E-state index contributed by atoms with van der Waals surface area (Å²) < 4.78 is 10.9. The third-order valence-corrected chi connectivity index (χ3v) is 5.29. The number of anilines is 2. The summed E-state index contributed by atoms with van der Waals surface area (Å²) in [7, 11) is 5.31. The largest absolute Gasteiger partial charge is 0.493 e. The maximum atomic E-state index is 12.2. The van der Waals surface area contributed by atoms with Crippen molar-refractivity contribution >= 4 is 28.1 Å². The Balaban J connectivity index is 1.74. The Bertz CT molecular complexity index is 959. The molecule has 0 aliphatic carbocycles. The van der Waals surface area contributed by atoms with Crippen molar-refractivity contribution in [2.45, 2.75) is 20.0 Å². The molecule has 152 valence electrons. The molecule has 1 heterocycles. The van der Waals surface area contributed by atoms with Crippen molar-refractivity contribution in [2.24, 2.45) is 0 Å². The molecule has 29 heavy (non-hydrogen) atoms. The van der Waals surface area contributed by atoms with Gasteiger partial charge in [-0.1, -0.05) is 30.3 Å². The van der Waals surface area contributed by atoms with Crippen LogP contribution in [0.3, 0.4) is 0 Å². The average molecular weight is 412 g/mol. The van der Waals surface area contributed by atoms with E-state index in [0.717, 1.165) is 22.7 Å². The van der Waals surface area contributed by atoms with Gasteiger partial charge in [0.15, 0.2) is 16.6 Å². The van der Waals surface area contributed by atoms with E-state index in [-0.39, 0.29) is 5.91 Å². The van der Waals surface area contributed by atoms with Gasteiger partial charge in [0.25, 0.3) is 0 Å². The molecule has 7 heteroatoms. The first kappa shape index (κ1) is 20.8. The Morgan fingerprint density at radius 3 is 2.45 bits per heavy atom. The number of amides is 1. The lowest BCUT2D eigenvalue weighted by Gasteiger charge is -2.19. The van der Waals surface area contributed by atoms with Crippen molar-refractivity contribution in [3.8, 4) is 11.5 Å². The first-order valence-corrected chi connectivity index (χ1v) is 10.1. The van der Waals surface area contributed by atoms with Gasteiger partial charge in [0, 0.05) is 31.0 Å². The zero-order valence-electron chi connectivity index (χ0n) is 17.1. The van der Waals surface area contributed by atoms with Crippen molar-refractivity contribution in [1.29, 1.82) is 0 Å². The molecule has 0 aliphatic heterocycles. The normalized spacial score (nSPS) is 10.8. The minimum Gasteiger partial charge on any atom is -0.493 e. The summed E-state index contributed by atoms with van der Waals surface area (Å²) in [6.45, 7) is 2.88. The molecule has 3 aromatic rings. The Morgan fingerprint density at radius 1 is 1.03 bits per heavy atom. The van der Waals surface area contributed by atoms with Gasteiger partial charge in [-0.05, 0) is 25.2 Å². The molecule has 6 nitrogen and oxygen atoms in total. The summed E-state index contributed by atoms with van der Waals surface area (Å²) in [5.74, 6) is 1.40.